The maximum atomic E-state index is 11.2. The summed E-state index contributed by atoms with van der Waals surface area (Å²) in [4.78, 5) is 22.3. The predicted octanol–water partition coefficient (Wildman–Crippen LogP) is 1.82. The van der Waals surface area contributed by atoms with Crippen LogP contribution in [0.3, 0.4) is 0 Å². The van der Waals surface area contributed by atoms with Crippen molar-refractivity contribution in [1.29, 1.82) is 0 Å². The van der Waals surface area contributed by atoms with E-state index >= 15 is 0 Å². The summed E-state index contributed by atoms with van der Waals surface area (Å²) >= 11 is 0. The molecule has 0 amide bonds. The highest BCUT2D eigenvalue weighted by atomic mass is 16.5. The highest BCUT2D eigenvalue weighted by molar-refractivity contribution is 5.72. The summed E-state index contributed by atoms with van der Waals surface area (Å²) in [7, 11) is 2.75. The first-order valence-corrected chi connectivity index (χ1v) is 5.79. The fourth-order valence-corrected chi connectivity index (χ4v) is 1.68. The molecule has 1 rings (SSSR count). The van der Waals surface area contributed by atoms with Crippen LogP contribution >= 0.6 is 0 Å². The molecular weight excluding hydrogens is 232 g/mol. The van der Waals surface area contributed by atoms with E-state index in [-0.39, 0.29) is 18.4 Å². The van der Waals surface area contributed by atoms with Gasteiger partial charge in [0.2, 0.25) is 0 Å². The van der Waals surface area contributed by atoms with E-state index < -0.39 is 0 Å². The van der Waals surface area contributed by atoms with Gasteiger partial charge in [0.05, 0.1) is 20.6 Å². The Kier molecular flexibility index (Phi) is 5.36. The van der Waals surface area contributed by atoms with Gasteiger partial charge in [-0.3, -0.25) is 9.59 Å². The molecule has 0 N–H and O–H groups in total. The number of carbonyl (C=O) groups excluding carboxylic acids is 2. The van der Waals surface area contributed by atoms with E-state index in [1.165, 1.54) is 14.2 Å². The normalized spacial score (nSPS) is 9.94. The Morgan fingerprint density at radius 2 is 1.78 bits per heavy atom. The molecule has 0 saturated carbocycles. The third-order valence-corrected chi connectivity index (χ3v) is 2.82. The quantitative estimate of drug-likeness (QED) is 0.748. The molecule has 0 saturated heterocycles. The molecule has 0 aromatic heterocycles. The van der Waals surface area contributed by atoms with E-state index in [9.17, 15) is 9.59 Å². The summed E-state index contributed by atoms with van der Waals surface area (Å²) in [6.07, 6.45) is 1.22. The SMILES string of the molecule is COC(=O)CCc1cc(CC(=O)OC)ccc1C. The van der Waals surface area contributed by atoms with Crippen LogP contribution < -0.4 is 0 Å². The number of hydrogen-bond donors (Lipinski definition) is 0. The lowest BCUT2D eigenvalue weighted by Gasteiger charge is -2.08. The molecule has 4 heteroatoms. The van der Waals surface area contributed by atoms with Crippen molar-refractivity contribution in [3.05, 3.63) is 34.9 Å². The largest absolute Gasteiger partial charge is 0.469 e. The second kappa shape index (κ2) is 6.79. The average molecular weight is 250 g/mol. The van der Waals surface area contributed by atoms with E-state index in [2.05, 4.69) is 9.47 Å². The van der Waals surface area contributed by atoms with Gasteiger partial charge in [0.15, 0.2) is 0 Å². The van der Waals surface area contributed by atoms with E-state index in [4.69, 9.17) is 0 Å². The first-order chi connectivity index (χ1) is 8.56. The first-order valence-electron chi connectivity index (χ1n) is 5.79. The summed E-state index contributed by atoms with van der Waals surface area (Å²) in [5, 5.41) is 0. The van der Waals surface area contributed by atoms with Crippen molar-refractivity contribution in [2.24, 2.45) is 0 Å². The van der Waals surface area contributed by atoms with Gasteiger partial charge in [-0.05, 0) is 30.0 Å². The molecule has 98 valence electrons. The topological polar surface area (TPSA) is 52.6 Å². The Balaban J connectivity index is 2.74. The first kappa shape index (κ1) is 14.2. The van der Waals surface area contributed by atoms with Crippen LogP contribution in [0.5, 0.6) is 0 Å². The molecule has 0 aliphatic rings. The number of rotatable bonds is 5. The zero-order valence-electron chi connectivity index (χ0n) is 11.0. The van der Waals surface area contributed by atoms with Crippen LogP contribution in [0.15, 0.2) is 18.2 Å². The van der Waals surface area contributed by atoms with Crippen LogP contribution in [0.1, 0.15) is 23.1 Å². The monoisotopic (exact) mass is 250 g/mol. The number of esters is 2. The summed E-state index contributed by atoms with van der Waals surface area (Å²) in [6, 6.07) is 5.79. The van der Waals surface area contributed by atoms with Crippen LogP contribution in [-0.4, -0.2) is 26.2 Å². The minimum absolute atomic E-state index is 0.229. The van der Waals surface area contributed by atoms with Crippen LogP contribution in [0.25, 0.3) is 0 Å². The van der Waals surface area contributed by atoms with Crippen molar-refractivity contribution in [3.8, 4) is 0 Å². The molecule has 0 atom stereocenters. The van der Waals surface area contributed by atoms with Gasteiger partial charge >= 0.3 is 11.9 Å². The Bertz CT molecular complexity index is 437. The molecule has 0 bridgehead atoms. The third kappa shape index (κ3) is 4.20. The molecule has 0 fully saturated rings. The number of hydrogen-bond acceptors (Lipinski definition) is 4. The Morgan fingerprint density at radius 3 is 2.39 bits per heavy atom. The molecule has 0 unspecified atom stereocenters. The lowest BCUT2D eigenvalue weighted by Crippen LogP contribution is -2.06. The lowest BCUT2D eigenvalue weighted by atomic mass is 9.99. The van der Waals surface area contributed by atoms with Gasteiger partial charge < -0.3 is 9.47 Å². The maximum absolute atomic E-state index is 11.2. The van der Waals surface area contributed by atoms with Crippen molar-refractivity contribution in [3.63, 3.8) is 0 Å². The van der Waals surface area contributed by atoms with Gasteiger partial charge in [-0.25, -0.2) is 0 Å². The number of ether oxygens (including phenoxy) is 2. The van der Waals surface area contributed by atoms with Gasteiger partial charge in [-0.2, -0.15) is 0 Å². The molecule has 0 spiro atoms. The van der Waals surface area contributed by atoms with E-state index in [0.29, 0.717) is 12.8 Å². The Hall–Kier alpha value is -1.84. The van der Waals surface area contributed by atoms with Gasteiger partial charge in [0, 0.05) is 6.42 Å². The van der Waals surface area contributed by atoms with E-state index in [0.717, 1.165) is 16.7 Å². The molecule has 1 aromatic carbocycles. The smallest absolute Gasteiger partial charge is 0.309 e. The second-order valence-electron chi connectivity index (χ2n) is 4.09. The molecule has 0 radical (unpaired) electrons. The Morgan fingerprint density at radius 1 is 1.11 bits per heavy atom. The number of benzene rings is 1. The molecule has 0 aliphatic heterocycles. The van der Waals surface area contributed by atoms with Crippen LogP contribution in [0.4, 0.5) is 0 Å². The predicted molar refractivity (Wildman–Crippen MR) is 67.2 cm³/mol. The number of methoxy groups -OCH3 is 2. The minimum atomic E-state index is -0.266. The number of aryl methyl sites for hydroxylation is 2. The van der Waals surface area contributed by atoms with Crippen molar-refractivity contribution in [2.45, 2.75) is 26.2 Å². The average Bonchev–Trinajstić information content (AvgIpc) is 2.38. The van der Waals surface area contributed by atoms with E-state index in [1.54, 1.807) is 0 Å². The Labute approximate surface area is 107 Å². The standard InChI is InChI=1S/C14H18O4/c1-10-4-5-11(9-14(16)18-3)8-12(10)6-7-13(15)17-2/h4-5,8H,6-7,9H2,1-3H3. The van der Waals surface area contributed by atoms with Gasteiger partial charge in [0.1, 0.15) is 0 Å². The van der Waals surface area contributed by atoms with Crippen molar-refractivity contribution >= 4 is 11.9 Å². The van der Waals surface area contributed by atoms with Crippen molar-refractivity contribution in [2.75, 3.05) is 14.2 Å². The van der Waals surface area contributed by atoms with Gasteiger partial charge in [-0.15, -0.1) is 0 Å². The highest BCUT2D eigenvalue weighted by Crippen LogP contribution is 2.14. The molecular formula is C14H18O4. The van der Waals surface area contributed by atoms with E-state index in [1.807, 2.05) is 25.1 Å². The molecule has 18 heavy (non-hydrogen) atoms. The third-order valence-electron chi connectivity index (χ3n) is 2.82. The zero-order valence-corrected chi connectivity index (χ0v) is 11.0. The molecule has 0 aliphatic carbocycles. The van der Waals surface area contributed by atoms with Gasteiger partial charge in [-0.1, -0.05) is 18.2 Å². The molecule has 0 heterocycles. The summed E-state index contributed by atoms with van der Waals surface area (Å²) in [6.45, 7) is 1.98. The fraction of sp³-hybridized carbons (Fsp3) is 0.429. The minimum Gasteiger partial charge on any atom is -0.469 e. The molecule has 1 aromatic rings. The highest BCUT2D eigenvalue weighted by Gasteiger charge is 2.07. The van der Waals surface area contributed by atoms with Gasteiger partial charge in [0.25, 0.3) is 0 Å². The second-order valence-corrected chi connectivity index (χ2v) is 4.09. The van der Waals surface area contributed by atoms with Crippen LogP contribution in [0.2, 0.25) is 0 Å². The zero-order chi connectivity index (χ0) is 13.5. The van der Waals surface area contributed by atoms with Crippen molar-refractivity contribution < 1.29 is 19.1 Å². The van der Waals surface area contributed by atoms with Crippen LogP contribution in [0, 0.1) is 6.92 Å². The summed E-state index contributed by atoms with van der Waals surface area (Å²) < 4.78 is 9.24. The van der Waals surface area contributed by atoms with Crippen molar-refractivity contribution in [1.82, 2.24) is 0 Å². The number of carbonyl (C=O) groups is 2. The fourth-order valence-electron chi connectivity index (χ4n) is 1.68. The van der Waals surface area contributed by atoms with Crippen LogP contribution in [-0.2, 0) is 31.9 Å². The maximum Gasteiger partial charge on any atom is 0.309 e. The lowest BCUT2D eigenvalue weighted by molar-refractivity contribution is -0.141. The summed E-state index contributed by atoms with van der Waals surface area (Å²) in [5.41, 5.74) is 3.06. The molecule has 4 nitrogen and oxygen atoms in total. The summed E-state index contributed by atoms with van der Waals surface area (Å²) in [5.74, 6) is -0.495.